The number of hydrogen-bond donors (Lipinski definition) is 4. The maximum Gasteiger partial charge on any atom is 0.408 e. The van der Waals surface area contributed by atoms with Crippen molar-refractivity contribution in [2.75, 3.05) is 6.54 Å². The topological polar surface area (TPSA) is 180 Å². The molecule has 0 saturated heterocycles. The SMILES string of the molecule is CC(=O)OC(C(=O)N(Cc1ccc(C(=O)NCC(NC(=O)OCc2ccccc2)C(=O)O)cc1)Cc1nc2ccccc2[nH]1)c1ccccc1. The first-order valence-corrected chi connectivity index (χ1v) is 15.7. The summed E-state index contributed by atoms with van der Waals surface area (Å²) in [6.07, 6.45) is -2.14. The van der Waals surface area contributed by atoms with Gasteiger partial charge in [0.15, 0.2) is 0 Å². The molecule has 1 heterocycles. The molecule has 2 unspecified atom stereocenters. The summed E-state index contributed by atoms with van der Waals surface area (Å²) in [4.78, 5) is 72.3. The fourth-order valence-corrected chi connectivity index (χ4v) is 5.08. The van der Waals surface area contributed by atoms with Gasteiger partial charge in [0.2, 0.25) is 6.10 Å². The quantitative estimate of drug-likeness (QED) is 0.123. The molecule has 13 heteroatoms. The highest BCUT2D eigenvalue weighted by Crippen LogP contribution is 2.24. The highest BCUT2D eigenvalue weighted by Gasteiger charge is 2.30. The molecule has 0 radical (unpaired) electrons. The largest absolute Gasteiger partial charge is 0.480 e. The first-order valence-electron chi connectivity index (χ1n) is 15.7. The average Bonchev–Trinajstić information content (AvgIpc) is 3.54. The molecule has 0 aliphatic carbocycles. The molecule has 5 rings (SSSR count). The molecule has 0 aliphatic rings. The summed E-state index contributed by atoms with van der Waals surface area (Å²) in [5.41, 5.74) is 3.65. The summed E-state index contributed by atoms with van der Waals surface area (Å²) in [6, 6.07) is 30.0. The number of hydrogen-bond acceptors (Lipinski definition) is 8. The second-order valence-electron chi connectivity index (χ2n) is 11.3. The summed E-state index contributed by atoms with van der Waals surface area (Å²) in [5, 5.41) is 14.3. The third-order valence-corrected chi connectivity index (χ3v) is 7.56. The summed E-state index contributed by atoms with van der Waals surface area (Å²) in [6.45, 7) is 0.946. The van der Waals surface area contributed by atoms with Crippen LogP contribution in [0.15, 0.2) is 109 Å². The molecule has 1 aromatic heterocycles. The smallest absolute Gasteiger partial charge is 0.408 e. The number of esters is 1. The van der Waals surface area contributed by atoms with Crippen LogP contribution in [0.5, 0.6) is 0 Å². The molecule has 4 aromatic carbocycles. The van der Waals surface area contributed by atoms with Crippen molar-refractivity contribution in [2.24, 2.45) is 0 Å². The fraction of sp³-hybridized carbons (Fsp3) is 0.189. The molecule has 50 heavy (non-hydrogen) atoms. The standard InChI is InChI=1S/C37H35N5O8/c1-24(43)50-33(27-12-6-3-7-13-27)35(45)42(22-32-39-29-14-8-9-15-30(29)40-32)21-25-16-18-28(19-17-25)34(44)38-20-31(36(46)47)41-37(48)49-23-26-10-4-2-5-11-26/h2-19,31,33H,20-23H2,1H3,(H,38,44)(H,39,40)(H,41,48)(H,46,47). The zero-order chi connectivity index (χ0) is 35.5. The number of nitrogens with one attached hydrogen (secondary N) is 3. The van der Waals surface area contributed by atoms with Gasteiger partial charge in [0.05, 0.1) is 17.6 Å². The van der Waals surface area contributed by atoms with Crippen LogP contribution in [-0.4, -0.2) is 62.4 Å². The Balaban J connectivity index is 1.26. The zero-order valence-electron chi connectivity index (χ0n) is 27.1. The van der Waals surface area contributed by atoms with Crippen LogP contribution in [0, 0.1) is 0 Å². The van der Waals surface area contributed by atoms with Crippen LogP contribution in [0.3, 0.4) is 0 Å². The molecule has 0 fully saturated rings. The van der Waals surface area contributed by atoms with Crippen molar-refractivity contribution < 1.29 is 38.6 Å². The number of alkyl carbamates (subject to hydrolysis) is 1. The molecule has 0 spiro atoms. The van der Waals surface area contributed by atoms with E-state index in [9.17, 15) is 29.1 Å². The number of carboxylic acids is 1. The molecule has 4 N–H and O–H groups in total. The molecule has 256 valence electrons. The Morgan fingerprint density at radius 2 is 1.48 bits per heavy atom. The fourth-order valence-electron chi connectivity index (χ4n) is 5.08. The summed E-state index contributed by atoms with van der Waals surface area (Å²) >= 11 is 0. The molecule has 0 saturated carbocycles. The maximum absolute atomic E-state index is 14.0. The molecular formula is C37H35N5O8. The second kappa shape index (κ2) is 16.6. The zero-order valence-corrected chi connectivity index (χ0v) is 27.1. The number of imidazole rings is 1. The number of carbonyl (C=O) groups is 5. The van der Waals surface area contributed by atoms with Gasteiger partial charge in [0.25, 0.3) is 11.8 Å². The van der Waals surface area contributed by atoms with Crippen molar-refractivity contribution in [3.63, 3.8) is 0 Å². The van der Waals surface area contributed by atoms with Gasteiger partial charge in [-0.15, -0.1) is 0 Å². The average molecular weight is 678 g/mol. The first-order chi connectivity index (χ1) is 24.2. The minimum absolute atomic E-state index is 0.0459. The summed E-state index contributed by atoms with van der Waals surface area (Å²) < 4.78 is 10.6. The van der Waals surface area contributed by atoms with Gasteiger partial charge in [-0.2, -0.15) is 0 Å². The van der Waals surface area contributed by atoms with Crippen molar-refractivity contribution in [3.05, 3.63) is 137 Å². The number of nitrogens with zero attached hydrogens (tertiary/aromatic N) is 2. The number of carboxylic acid groups (broad SMARTS) is 1. The van der Waals surface area contributed by atoms with Crippen LogP contribution in [0.25, 0.3) is 11.0 Å². The number of amides is 3. The normalized spacial score (nSPS) is 11.9. The van der Waals surface area contributed by atoms with E-state index in [1.54, 1.807) is 66.7 Å². The monoisotopic (exact) mass is 677 g/mol. The lowest BCUT2D eigenvalue weighted by atomic mass is 10.1. The molecule has 0 bridgehead atoms. The second-order valence-corrected chi connectivity index (χ2v) is 11.3. The number of aromatic nitrogens is 2. The number of rotatable bonds is 14. The van der Waals surface area contributed by atoms with E-state index in [-0.39, 0.29) is 25.3 Å². The van der Waals surface area contributed by atoms with Crippen molar-refractivity contribution in [1.29, 1.82) is 0 Å². The van der Waals surface area contributed by atoms with Gasteiger partial charge in [-0.3, -0.25) is 14.4 Å². The van der Waals surface area contributed by atoms with E-state index in [0.717, 1.165) is 16.6 Å². The molecule has 2 atom stereocenters. The van der Waals surface area contributed by atoms with Gasteiger partial charge >= 0.3 is 18.0 Å². The Kier molecular flexibility index (Phi) is 11.5. The minimum Gasteiger partial charge on any atom is -0.480 e. The van der Waals surface area contributed by atoms with E-state index in [1.165, 1.54) is 24.0 Å². The van der Waals surface area contributed by atoms with Gasteiger partial charge in [0, 0.05) is 31.1 Å². The Morgan fingerprint density at radius 3 is 2.14 bits per heavy atom. The van der Waals surface area contributed by atoms with E-state index >= 15 is 0 Å². The van der Waals surface area contributed by atoms with E-state index in [0.29, 0.717) is 17.0 Å². The Morgan fingerprint density at radius 1 is 0.820 bits per heavy atom. The summed E-state index contributed by atoms with van der Waals surface area (Å²) in [7, 11) is 0. The lowest BCUT2D eigenvalue weighted by molar-refractivity contribution is -0.160. The number of fused-ring (bicyclic) bond motifs is 1. The molecule has 3 amide bonds. The van der Waals surface area contributed by atoms with E-state index in [4.69, 9.17) is 9.47 Å². The summed E-state index contributed by atoms with van der Waals surface area (Å²) in [5.74, 6) is -2.49. The minimum atomic E-state index is -1.44. The van der Waals surface area contributed by atoms with Gasteiger partial charge in [-0.25, -0.2) is 14.6 Å². The van der Waals surface area contributed by atoms with Gasteiger partial charge < -0.3 is 35.1 Å². The van der Waals surface area contributed by atoms with Crippen LogP contribution >= 0.6 is 0 Å². The number of aromatic amines is 1. The highest BCUT2D eigenvalue weighted by molar-refractivity contribution is 5.94. The van der Waals surface area contributed by atoms with Crippen LogP contribution in [0.4, 0.5) is 4.79 Å². The number of H-pyrrole nitrogens is 1. The van der Waals surface area contributed by atoms with Crippen LogP contribution in [-0.2, 0) is 43.6 Å². The van der Waals surface area contributed by atoms with E-state index < -0.39 is 48.5 Å². The van der Waals surface area contributed by atoms with Crippen LogP contribution < -0.4 is 10.6 Å². The van der Waals surface area contributed by atoms with Crippen molar-refractivity contribution in [1.82, 2.24) is 25.5 Å². The lowest BCUT2D eigenvalue weighted by Crippen LogP contribution is -2.48. The first kappa shape index (κ1) is 34.8. The molecule has 5 aromatic rings. The Hall–Kier alpha value is -6.50. The number of aliphatic carboxylic acids is 1. The van der Waals surface area contributed by atoms with Crippen molar-refractivity contribution >= 4 is 40.9 Å². The van der Waals surface area contributed by atoms with Crippen molar-refractivity contribution in [2.45, 2.75) is 38.8 Å². The van der Waals surface area contributed by atoms with Crippen LogP contribution in [0.1, 0.15) is 45.9 Å². The lowest BCUT2D eigenvalue weighted by Gasteiger charge is -2.27. The molecule has 13 nitrogen and oxygen atoms in total. The third-order valence-electron chi connectivity index (χ3n) is 7.56. The maximum atomic E-state index is 14.0. The predicted molar refractivity (Wildman–Crippen MR) is 181 cm³/mol. The van der Waals surface area contributed by atoms with Crippen molar-refractivity contribution in [3.8, 4) is 0 Å². The highest BCUT2D eigenvalue weighted by atomic mass is 16.6. The molecular weight excluding hydrogens is 642 g/mol. The number of para-hydroxylation sites is 2. The van der Waals surface area contributed by atoms with Gasteiger partial charge in [-0.05, 0) is 35.4 Å². The Labute approximate surface area is 287 Å². The van der Waals surface area contributed by atoms with Gasteiger partial charge in [0.1, 0.15) is 18.5 Å². The Bertz CT molecular complexity index is 1910. The number of ether oxygens (including phenoxy) is 2. The predicted octanol–water partition coefficient (Wildman–Crippen LogP) is 4.51. The van der Waals surface area contributed by atoms with Crippen LogP contribution in [0.2, 0.25) is 0 Å². The van der Waals surface area contributed by atoms with E-state index in [2.05, 4.69) is 20.6 Å². The van der Waals surface area contributed by atoms with Gasteiger partial charge in [-0.1, -0.05) is 84.9 Å². The number of benzene rings is 4. The number of carbonyl (C=O) groups excluding carboxylic acids is 4. The van der Waals surface area contributed by atoms with E-state index in [1.807, 2.05) is 30.3 Å². The third kappa shape index (κ3) is 9.53. The molecule has 0 aliphatic heterocycles.